The Hall–Kier alpha value is -1.94. The molecule has 20 heavy (non-hydrogen) atoms. The third-order valence-electron chi connectivity index (χ3n) is 3.13. The highest BCUT2D eigenvalue weighted by atomic mass is 19.1. The van der Waals surface area contributed by atoms with Crippen LogP contribution in [0.2, 0.25) is 0 Å². The lowest BCUT2D eigenvalue weighted by Gasteiger charge is -2.18. The number of rotatable bonds is 5. The molecule has 0 amide bonds. The minimum Gasteiger partial charge on any atom is -0.492 e. The summed E-state index contributed by atoms with van der Waals surface area (Å²) in [6.07, 6.45) is 3.39. The lowest BCUT2D eigenvalue weighted by Crippen LogP contribution is -2.19. The first-order chi connectivity index (χ1) is 9.65. The first-order valence-corrected chi connectivity index (χ1v) is 6.66. The van der Waals surface area contributed by atoms with Gasteiger partial charge in [-0.1, -0.05) is 17.7 Å². The van der Waals surface area contributed by atoms with Gasteiger partial charge in [-0.3, -0.25) is 4.98 Å². The Morgan fingerprint density at radius 1 is 1.30 bits per heavy atom. The number of halogens is 1. The lowest BCUT2D eigenvalue weighted by molar-refractivity contribution is 0.338. The number of hydrogen-bond donors (Lipinski definition) is 1. The SMILES string of the molecule is CCOc1cncc(C(NC)c2cc(C)ccc2F)c1. The van der Waals surface area contributed by atoms with Crippen molar-refractivity contribution in [3.63, 3.8) is 0 Å². The van der Waals surface area contributed by atoms with E-state index in [2.05, 4.69) is 10.3 Å². The van der Waals surface area contributed by atoms with Crippen molar-refractivity contribution in [2.24, 2.45) is 0 Å². The van der Waals surface area contributed by atoms with Crippen LogP contribution in [-0.4, -0.2) is 18.6 Å². The summed E-state index contributed by atoms with van der Waals surface area (Å²) in [7, 11) is 1.81. The van der Waals surface area contributed by atoms with E-state index in [1.807, 2.05) is 26.0 Å². The Bertz CT molecular complexity index is 586. The molecule has 0 radical (unpaired) electrons. The summed E-state index contributed by atoms with van der Waals surface area (Å²) >= 11 is 0. The van der Waals surface area contributed by atoms with Gasteiger partial charge in [0.15, 0.2) is 0 Å². The van der Waals surface area contributed by atoms with E-state index >= 15 is 0 Å². The van der Waals surface area contributed by atoms with E-state index in [0.717, 1.165) is 11.1 Å². The van der Waals surface area contributed by atoms with Crippen LogP contribution in [0, 0.1) is 12.7 Å². The number of nitrogens with one attached hydrogen (secondary N) is 1. The fraction of sp³-hybridized carbons (Fsp3) is 0.312. The molecule has 0 aliphatic rings. The van der Waals surface area contributed by atoms with Gasteiger partial charge in [-0.05, 0) is 38.6 Å². The number of aryl methyl sites for hydroxylation is 1. The van der Waals surface area contributed by atoms with Crippen LogP contribution in [0.15, 0.2) is 36.7 Å². The van der Waals surface area contributed by atoms with Crippen molar-refractivity contribution in [2.75, 3.05) is 13.7 Å². The summed E-state index contributed by atoms with van der Waals surface area (Å²) < 4.78 is 19.5. The van der Waals surface area contributed by atoms with Gasteiger partial charge in [-0.15, -0.1) is 0 Å². The maximum absolute atomic E-state index is 14.0. The zero-order valence-corrected chi connectivity index (χ0v) is 12.0. The summed E-state index contributed by atoms with van der Waals surface area (Å²) in [4.78, 5) is 4.16. The fourth-order valence-corrected chi connectivity index (χ4v) is 2.23. The molecule has 4 heteroatoms. The van der Waals surface area contributed by atoms with Crippen LogP contribution >= 0.6 is 0 Å². The van der Waals surface area contributed by atoms with E-state index in [0.29, 0.717) is 17.9 Å². The Morgan fingerprint density at radius 2 is 2.10 bits per heavy atom. The van der Waals surface area contributed by atoms with Gasteiger partial charge in [0.1, 0.15) is 11.6 Å². The third kappa shape index (κ3) is 3.14. The molecule has 106 valence electrons. The van der Waals surface area contributed by atoms with Crippen molar-refractivity contribution in [1.29, 1.82) is 0 Å². The molecule has 1 aromatic carbocycles. The molecular weight excluding hydrogens is 255 g/mol. The minimum atomic E-state index is -0.247. The molecule has 1 heterocycles. The van der Waals surface area contributed by atoms with Crippen molar-refractivity contribution in [3.05, 3.63) is 59.2 Å². The van der Waals surface area contributed by atoms with Gasteiger partial charge in [-0.25, -0.2) is 4.39 Å². The number of benzene rings is 1. The molecule has 1 atom stereocenters. The third-order valence-corrected chi connectivity index (χ3v) is 3.13. The van der Waals surface area contributed by atoms with E-state index in [1.54, 1.807) is 25.5 Å². The molecule has 0 bridgehead atoms. The fourth-order valence-electron chi connectivity index (χ4n) is 2.23. The molecule has 1 aromatic heterocycles. The highest BCUT2D eigenvalue weighted by Gasteiger charge is 2.17. The average Bonchev–Trinajstić information content (AvgIpc) is 2.44. The summed E-state index contributed by atoms with van der Waals surface area (Å²) in [5.41, 5.74) is 2.52. The molecule has 0 fully saturated rings. The van der Waals surface area contributed by atoms with Crippen LogP contribution in [0.1, 0.15) is 29.7 Å². The Morgan fingerprint density at radius 3 is 2.80 bits per heavy atom. The Kier molecular flexibility index (Phi) is 4.69. The Labute approximate surface area is 118 Å². The van der Waals surface area contributed by atoms with E-state index in [9.17, 15) is 4.39 Å². The molecule has 1 N–H and O–H groups in total. The van der Waals surface area contributed by atoms with Crippen molar-refractivity contribution >= 4 is 0 Å². The highest BCUT2D eigenvalue weighted by Crippen LogP contribution is 2.26. The Balaban J connectivity index is 2.41. The van der Waals surface area contributed by atoms with Gasteiger partial charge in [0.25, 0.3) is 0 Å². The highest BCUT2D eigenvalue weighted by molar-refractivity contribution is 5.36. The number of aromatic nitrogens is 1. The number of nitrogens with zero attached hydrogens (tertiary/aromatic N) is 1. The van der Waals surface area contributed by atoms with E-state index < -0.39 is 0 Å². The molecule has 0 spiro atoms. The van der Waals surface area contributed by atoms with Crippen LogP contribution in [0.25, 0.3) is 0 Å². The van der Waals surface area contributed by atoms with E-state index in [-0.39, 0.29) is 11.9 Å². The largest absolute Gasteiger partial charge is 0.492 e. The summed E-state index contributed by atoms with van der Waals surface area (Å²) in [6, 6.07) is 6.75. The molecule has 2 aromatic rings. The van der Waals surface area contributed by atoms with Crippen LogP contribution in [0.3, 0.4) is 0 Å². The van der Waals surface area contributed by atoms with Gasteiger partial charge >= 0.3 is 0 Å². The maximum Gasteiger partial charge on any atom is 0.137 e. The summed E-state index contributed by atoms with van der Waals surface area (Å²) in [5.74, 6) is 0.468. The molecule has 0 aliphatic heterocycles. The summed E-state index contributed by atoms with van der Waals surface area (Å²) in [5, 5.41) is 3.14. The number of ether oxygens (including phenoxy) is 1. The van der Waals surface area contributed by atoms with Crippen molar-refractivity contribution in [2.45, 2.75) is 19.9 Å². The van der Waals surface area contributed by atoms with Gasteiger partial charge in [0.05, 0.1) is 18.8 Å². The lowest BCUT2D eigenvalue weighted by atomic mass is 9.98. The second-order valence-corrected chi connectivity index (χ2v) is 4.63. The van der Waals surface area contributed by atoms with Gasteiger partial charge in [0.2, 0.25) is 0 Å². The second kappa shape index (κ2) is 6.48. The normalized spacial score (nSPS) is 12.2. The van der Waals surface area contributed by atoms with Crippen molar-refractivity contribution in [1.82, 2.24) is 10.3 Å². The molecule has 3 nitrogen and oxygen atoms in total. The standard InChI is InChI=1S/C16H19FN2O/c1-4-20-13-8-12(9-19-10-13)16(18-3)14-7-11(2)5-6-15(14)17/h5-10,16,18H,4H2,1-3H3. The maximum atomic E-state index is 14.0. The molecule has 1 unspecified atom stereocenters. The number of hydrogen-bond acceptors (Lipinski definition) is 3. The quantitative estimate of drug-likeness (QED) is 0.909. The molecule has 0 saturated carbocycles. The number of pyridine rings is 1. The first kappa shape index (κ1) is 14.5. The van der Waals surface area contributed by atoms with Crippen molar-refractivity contribution < 1.29 is 9.13 Å². The van der Waals surface area contributed by atoms with Crippen LogP contribution < -0.4 is 10.1 Å². The molecule has 0 aliphatic carbocycles. The first-order valence-electron chi connectivity index (χ1n) is 6.66. The predicted octanol–water partition coefficient (Wildman–Crippen LogP) is 3.24. The monoisotopic (exact) mass is 274 g/mol. The van der Waals surface area contributed by atoms with Crippen LogP contribution in [0.4, 0.5) is 4.39 Å². The zero-order valence-electron chi connectivity index (χ0n) is 12.0. The molecule has 0 saturated heterocycles. The van der Waals surface area contributed by atoms with E-state index in [4.69, 9.17) is 4.74 Å². The predicted molar refractivity (Wildman–Crippen MR) is 77.4 cm³/mol. The topological polar surface area (TPSA) is 34.1 Å². The van der Waals surface area contributed by atoms with Crippen LogP contribution in [0.5, 0.6) is 5.75 Å². The van der Waals surface area contributed by atoms with Gasteiger partial charge < -0.3 is 10.1 Å². The molecular formula is C16H19FN2O. The van der Waals surface area contributed by atoms with Gasteiger partial charge in [0, 0.05) is 11.8 Å². The zero-order chi connectivity index (χ0) is 14.5. The van der Waals surface area contributed by atoms with Crippen LogP contribution in [-0.2, 0) is 0 Å². The summed E-state index contributed by atoms with van der Waals surface area (Å²) in [6.45, 7) is 4.45. The minimum absolute atomic E-state index is 0.225. The smallest absolute Gasteiger partial charge is 0.137 e. The van der Waals surface area contributed by atoms with Crippen molar-refractivity contribution in [3.8, 4) is 5.75 Å². The van der Waals surface area contributed by atoms with Gasteiger partial charge in [-0.2, -0.15) is 0 Å². The average molecular weight is 274 g/mol. The van der Waals surface area contributed by atoms with E-state index in [1.165, 1.54) is 6.07 Å². The second-order valence-electron chi connectivity index (χ2n) is 4.63. The molecule has 2 rings (SSSR count).